The second-order valence-electron chi connectivity index (χ2n) is 6.61. The fraction of sp³-hybridized carbons (Fsp3) is 0.471. The molecule has 0 aliphatic heterocycles. The Morgan fingerprint density at radius 3 is 2.90 bits per heavy atom. The molecule has 2 aromatic heterocycles. The first-order chi connectivity index (χ1) is 10.1. The third kappa shape index (κ3) is 3.10. The van der Waals surface area contributed by atoms with Crippen LogP contribution in [0.25, 0.3) is 0 Å². The van der Waals surface area contributed by atoms with E-state index in [-0.39, 0.29) is 5.41 Å². The smallest absolute Gasteiger partial charge is 0.132 e. The Bertz CT molecular complexity index is 622. The zero-order valence-corrected chi connectivity index (χ0v) is 12.9. The number of nitrogens with zero attached hydrogens (tertiary/aromatic N) is 3. The molecule has 0 saturated carbocycles. The lowest BCUT2D eigenvalue weighted by Crippen LogP contribution is -2.32. The van der Waals surface area contributed by atoms with Crippen LogP contribution in [0.4, 0.5) is 0 Å². The normalized spacial score (nSPS) is 20.0. The molecule has 0 amide bonds. The van der Waals surface area contributed by atoms with E-state index in [0.29, 0.717) is 6.04 Å². The summed E-state index contributed by atoms with van der Waals surface area (Å²) in [4.78, 5) is 13.5. The van der Waals surface area contributed by atoms with Crippen molar-refractivity contribution in [3.63, 3.8) is 0 Å². The van der Waals surface area contributed by atoms with Crippen LogP contribution in [0.15, 0.2) is 30.7 Å². The van der Waals surface area contributed by atoms with Gasteiger partial charge in [0.1, 0.15) is 5.82 Å². The van der Waals surface area contributed by atoms with Gasteiger partial charge in [-0.2, -0.15) is 0 Å². The predicted octanol–water partition coefficient (Wildman–Crippen LogP) is 2.70. The van der Waals surface area contributed by atoms with Crippen LogP contribution >= 0.6 is 0 Å². The van der Waals surface area contributed by atoms with Crippen LogP contribution in [0.5, 0.6) is 0 Å². The van der Waals surface area contributed by atoms with E-state index in [2.05, 4.69) is 35.2 Å². The zero-order chi connectivity index (χ0) is 14.9. The van der Waals surface area contributed by atoms with Gasteiger partial charge in [0.05, 0.1) is 0 Å². The Kier molecular flexibility index (Phi) is 3.72. The molecule has 1 aliphatic rings. The number of rotatable bonds is 3. The first-order valence-electron chi connectivity index (χ1n) is 7.48. The Labute approximate surface area is 126 Å². The van der Waals surface area contributed by atoms with Gasteiger partial charge in [-0.15, -0.1) is 0 Å². The van der Waals surface area contributed by atoms with Gasteiger partial charge in [-0.3, -0.25) is 4.98 Å². The molecule has 110 valence electrons. The van der Waals surface area contributed by atoms with Crippen LogP contribution in [-0.4, -0.2) is 22.0 Å². The highest BCUT2D eigenvalue weighted by Crippen LogP contribution is 2.39. The summed E-state index contributed by atoms with van der Waals surface area (Å²) in [6.07, 6.45) is 8.56. The molecule has 1 N–H and O–H groups in total. The van der Waals surface area contributed by atoms with Crippen molar-refractivity contribution in [3.05, 3.63) is 53.4 Å². The van der Waals surface area contributed by atoms with Crippen LogP contribution in [-0.2, 0) is 12.8 Å². The molecule has 1 unspecified atom stereocenters. The lowest BCUT2D eigenvalue weighted by atomic mass is 9.74. The van der Waals surface area contributed by atoms with Gasteiger partial charge in [0.2, 0.25) is 0 Å². The van der Waals surface area contributed by atoms with E-state index in [1.165, 1.54) is 11.3 Å². The maximum Gasteiger partial charge on any atom is 0.132 e. The molecule has 4 nitrogen and oxygen atoms in total. The molecular weight excluding hydrogens is 260 g/mol. The minimum Gasteiger partial charge on any atom is -0.313 e. The molecule has 2 heterocycles. The molecule has 0 radical (unpaired) electrons. The van der Waals surface area contributed by atoms with Crippen LogP contribution in [0.2, 0.25) is 0 Å². The van der Waals surface area contributed by atoms with Crippen LogP contribution in [0, 0.1) is 5.41 Å². The number of hydrogen-bond acceptors (Lipinski definition) is 4. The molecule has 1 atom stereocenters. The minimum atomic E-state index is 0.278. The van der Waals surface area contributed by atoms with Crippen molar-refractivity contribution in [1.29, 1.82) is 0 Å². The fourth-order valence-corrected chi connectivity index (χ4v) is 3.12. The van der Waals surface area contributed by atoms with Crippen molar-refractivity contribution in [2.75, 3.05) is 7.05 Å². The first-order valence-corrected chi connectivity index (χ1v) is 7.48. The molecule has 1 aliphatic carbocycles. The van der Waals surface area contributed by atoms with Gasteiger partial charge in [0, 0.05) is 42.3 Å². The van der Waals surface area contributed by atoms with E-state index in [1.807, 2.05) is 25.5 Å². The standard InChI is InChI=1S/C17H22N4/c1-17(2)8-14(18-3)13-11-20-16(21-15(13)9-17)7-12-5-4-6-19-10-12/h4-6,10-11,14,18H,7-9H2,1-3H3. The van der Waals surface area contributed by atoms with Crippen molar-refractivity contribution < 1.29 is 0 Å². The van der Waals surface area contributed by atoms with Crippen molar-refractivity contribution in [2.24, 2.45) is 5.41 Å². The Balaban J connectivity index is 1.90. The third-order valence-electron chi connectivity index (χ3n) is 4.16. The summed E-state index contributed by atoms with van der Waals surface area (Å²) < 4.78 is 0. The van der Waals surface area contributed by atoms with Crippen molar-refractivity contribution in [1.82, 2.24) is 20.3 Å². The van der Waals surface area contributed by atoms with Crippen LogP contribution in [0.1, 0.15) is 49.0 Å². The maximum absolute atomic E-state index is 4.82. The number of aromatic nitrogens is 3. The quantitative estimate of drug-likeness (QED) is 0.940. The molecule has 0 spiro atoms. The van der Waals surface area contributed by atoms with Gasteiger partial charge < -0.3 is 5.32 Å². The SMILES string of the molecule is CNC1CC(C)(C)Cc2nc(Cc3cccnc3)ncc21. The summed E-state index contributed by atoms with van der Waals surface area (Å²) >= 11 is 0. The molecule has 0 aromatic carbocycles. The average Bonchev–Trinajstić information content (AvgIpc) is 2.46. The summed E-state index contributed by atoms with van der Waals surface area (Å²) in [7, 11) is 2.01. The molecule has 0 saturated heterocycles. The van der Waals surface area contributed by atoms with Crippen molar-refractivity contribution in [2.45, 2.75) is 39.2 Å². The number of hydrogen-bond donors (Lipinski definition) is 1. The lowest BCUT2D eigenvalue weighted by molar-refractivity contribution is 0.260. The Morgan fingerprint density at radius 2 is 2.19 bits per heavy atom. The summed E-state index contributed by atoms with van der Waals surface area (Å²) in [5, 5.41) is 3.39. The first kappa shape index (κ1) is 14.1. The monoisotopic (exact) mass is 282 g/mol. The van der Waals surface area contributed by atoms with Gasteiger partial charge in [-0.05, 0) is 36.9 Å². The number of pyridine rings is 1. The Morgan fingerprint density at radius 1 is 1.33 bits per heavy atom. The molecule has 4 heteroatoms. The third-order valence-corrected chi connectivity index (χ3v) is 4.16. The Hall–Kier alpha value is -1.81. The fourth-order valence-electron chi connectivity index (χ4n) is 3.12. The highest BCUT2D eigenvalue weighted by atomic mass is 14.9. The topological polar surface area (TPSA) is 50.7 Å². The van der Waals surface area contributed by atoms with Gasteiger partial charge in [0.25, 0.3) is 0 Å². The van der Waals surface area contributed by atoms with Crippen LogP contribution in [0.3, 0.4) is 0 Å². The second kappa shape index (κ2) is 5.53. The van der Waals surface area contributed by atoms with Gasteiger partial charge in [0.15, 0.2) is 0 Å². The van der Waals surface area contributed by atoms with Gasteiger partial charge in [-0.1, -0.05) is 19.9 Å². The van der Waals surface area contributed by atoms with E-state index < -0.39 is 0 Å². The highest BCUT2D eigenvalue weighted by Gasteiger charge is 2.32. The number of nitrogens with one attached hydrogen (secondary N) is 1. The van der Waals surface area contributed by atoms with E-state index in [1.54, 1.807) is 6.20 Å². The average molecular weight is 282 g/mol. The molecule has 2 aromatic rings. The van der Waals surface area contributed by atoms with Gasteiger partial charge >= 0.3 is 0 Å². The molecular formula is C17H22N4. The van der Waals surface area contributed by atoms with Crippen LogP contribution < -0.4 is 5.32 Å². The van der Waals surface area contributed by atoms with E-state index in [9.17, 15) is 0 Å². The predicted molar refractivity (Wildman–Crippen MR) is 83.0 cm³/mol. The highest BCUT2D eigenvalue weighted by molar-refractivity contribution is 5.27. The van der Waals surface area contributed by atoms with Crippen molar-refractivity contribution >= 4 is 0 Å². The largest absolute Gasteiger partial charge is 0.313 e. The van der Waals surface area contributed by atoms with Crippen molar-refractivity contribution in [3.8, 4) is 0 Å². The summed E-state index contributed by atoms with van der Waals surface area (Å²) in [5.74, 6) is 0.884. The molecule has 3 rings (SSSR count). The summed E-state index contributed by atoms with van der Waals surface area (Å²) in [6, 6.07) is 4.38. The summed E-state index contributed by atoms with van der Waals surface area (Å²) in [5.41, 5.74) is 3.88. The maximum atomic E-state index is 4.82. The molecule has 21 heavy (non-hydrogen) atoms. The molecule has 0 fully saturated rings. The number of fused-ring (bicyclic) bond motifs is 1. The van der Waals surface area contributed by atoms with Gasteiger partial charge in [-0.25, -0.2) is 9.97 Å². The summed E-state index contributed by atoms with van der Waals surface area (Å²) in [6.45, 7) is 4.62. The van der Waals surface area contributed by atoms with E-state index in [0.717, 1.165) is 30.7 Å². The molecule has 0 bridgehead atoms. The lowest BCUT2D eigenvalue weighted by Gasteiger charge is -2.36. The second-order valence-corrected chi connectivity index (χ2v) is 6.61. The van der Waals surface area contributed by atoms with E-state index >= 15 is 0 Å². The minimum absolute atomic E-state index is 0.278. The zero-order valence-electron chi connectivity index (χ0n) is 12.9. The van der Waals surface area contributed by atoms with E-state index in [4.69, 9.17) is 4.98 Å².